The van der Waals surface area contributed by atoms with Crippen LogP contribution in [0.2, 0.25) is 5.02 Å². The van der Waals surface area contributed by atoms with E-state index in [9.17, 15) is 4.79 Å². The van der Waals surface area contributed by atoms with E-state index in [0.717, 1.165) is 23.0 Å². The molecule has 3 aromatic carbocycles. The Balaban J connectivity index is 1.56. The van der Waals surface area contributed by atoms with Gasteiger partial charge >= 0.3 is 0 Å². The molecule has 6 heteroatoms. The van der Waals surface area contributed by atoms with Gasteiger partial charge < -0.3 is 9.47 Å². The number of benzene rings is 3. The summed E-state index contributed by atoms with van der Waals surface area (Å²) in [6, 6.07) is 25.7. The molecule has 2 heterocycles. The lowest BCUT2D eigenvalue weighted by Crippen LogP contribution is -2.31. The van der Waals surface area contributed by atoms with E-state index in [1.54, 1.807) is 34.1 Å². The molecule has 0 bridgehead atoms. The van der Waals surface area contributed by atoms with Gasteiger partial charge in [-0.05, 0) is 54.2 Å². The molecule has 1 saturated heterocycles. The van der Waals surface area contributed by atoms with Crippen molar-refractivity contribution in [2.45, 2.75) is 6.54 Å². The smallest absolute Gasteiger partial charge is 0.281 e. The van der Waals surface area contributed by atoms with Gasteiger partial charge in [0.1, 0.15) is 5.70 Å². The number of aromatic nitrogens is 1. The maximum atomic E-state index is 13.3. The lowest BCUT2D eigenvalue weighted by Gasteiger charge is -2.16. The SMILES string of the molecule is CN1C(=S)N(c2ccc(Cl)cc2)C(=O)/C1=C\c1cn(Cc2ccccc2)c2ccccc12. The number of likely N-dealkylation sites (N-methyl/N-ethyl adjacent to an activating group) is 1. The molecule has 4 aromatic rings. The second kappa shape index (κ2) is 8.26. The minimum atomic E-state index is -0.153. The van der Waals surface area contributed by atoms with E-state index < -0.39 is 0 Å². The average molecular weight is 458 g/mol. The summed E-state index contributed by atoms with van der Waals surface area (Å²) in [5.74, 6) is -0.153. The summed E-state index contributed by atoms with van der Waals surface area (Å²) in [4.78, 5) is 16.6. The predicted octanol–water partition coefficient (Wildman–Crippen LogP) is 5.95. The zero-order chi connectivity index (χ0) is 22.2. The van der Waals surface area contributed by atoms with Crippen molar-refractivity contribution in [2.75, 3.05) is 11.9 Å². The summed E-state index contributed by atoms with van der Waals surface area (Å²) in [5.41, 5.74) is 4.55. The summed E-state index contributed by atoms with van der Waals surface area (Å²) in [6.07, 6.45) is 4.02. The zero-order valence-corrected chi connectivity index (χ0v) is 19.0. The third-order valence-electron chi connectivity index (χ3n) is 5.65. The van der Waals surface area contributed by atoms with Crippen LogP contribution in [0.5, 0.6) is 0 Å². The Kier molecular flexibility index (Phi) is 5.29. The number of nitrogens with zero attached hydrogens (tertiary/aromatic N) is 3. The van der Waals surface area contributed by atoms with Crippen LogP contribution in [0.4, 0.5) is 5.69 Å². The van der Waals surface area contributed by atoms with E-state index in [-0.39, 0.29) is 5.91 Å². The Morgan fingerprint density at radius 3 is 2.38 bits per heavy atom. The molecule has 158 valence electrons. The lowest BCUT2D eigenvalue weighted by atomic mass is 10.1. The van der Waals surface area contributed by atoms with Crippen LogP contribution in [-0.2, 0) is 11.3 Å². The Labute approximate surface area is 196 Å². The molecule has 0 N–H and O–H groups in total. The van der Waals surface area contributed by atoms with Crippen LogP contribution in [0.25, 0.3) is 17.0 Å². The van der Waals surface area contributed by atoms with Gasteiger partial charge in [0.25, 0.3) is 5.91 Å². The standard InChI is InChI=1S/C26H20ClN3OS/c1-28-24(25(31)30(26(28)32)21-13-11-20(27)12-14-21)15-19-17-29(16-18-7-3-2-4-8-18)23-10-6-5-9-22(19)23/h2-15,17H,16H2,1H3/b24-15+. The molecule has 1 aliphatic heterocycles. The molecule has 1 fully saturated rings. The van der Waals surface area contributed by atoms with Crippen molar-refractivity contribution in [3.63, 3.8) is 0 Å². The van der Waals surface area contributed by atoms with Gasteiger partial charge in [-0.2, -0.15) is 0 Å². The average Bonchev–Trinajstić information content (AvgIpc) is 3.25. The Morgan fingerprint density at radius 2 is 1.62 bits per heavy atom. The Morgan fingerprint density at radius 1 is 0.938 bits per heavy atom. The molecule has 0 atom stereocenters. The van der Waals surface area contributed by atoms with Crippen molar-refractivity contribution in [1.82, 2.24) is 9.47 Å². The Hall–Kier alpha value is -3.41. The third-order valence-corrected chi connectivity index (χ3v) is 6.36. The minimum absolute atomic E-state index is 0.153. The van der Waals surface area contributed by atoms with Crippen LogP contribution in [0.15, 0.2) is 90.8 Å². The summed E-state index contributed by atoms with van der Waals surface area (Å²) < 4.78 is 2.21. The van der Waals surface area contributed by atoms with Crippen molar-refractivity contribution in [1.29, 1.82) is 0 Å². The van der Waals surface area contributed by atoms with Gasteiger partial charge in [0.05, 0.1) is 5.69 Å². The first-order valence-electron chi connectivity index (χ1n) is 10.2. The van der Waals surface area contributed by atoms with Gasteiger partial charge in [0.15, 0.2) is 5.11 Å². The fraction of sp³-hybridized carbons (Fsp3) is 0.0769. The van der Waals surface area contributed by atoms with E-state index in [2.05, 4.69) is 35.0 Å². The van der Waals surface area contributed by atoms with Crippen LogP contribution in [0, 0.1) is 0 Å². The van der Waals surface area contributed by atoms with Crippen molar-refractivity contribution in [3.05, 3.63) is 107 Å². The first-order valence-corrected chi connectivity index (χ1v) is 11.0. The highest BCUT2D eigenvalue weighted by Crippen LogP contribution is 2.31. The van der Waals surface area contributed by atoms with Crippen molar-refractivity contribution >= 4 is 57.5 Å². The number of fused-ring (bicyclic) bond motifs is 1. The number of carbonyl (C=O) groups excluding carboxylic acids is 1. The van der Waals surface area contributed by atoms with Crippen LogP contribution in [-0.4, -0.2) is 27.5 Å². The van der Waals surface area contributed by atoms with Crippen LogP contribution < -0.4 is 4.90 Å². The monoisotopic (exact) mass is 457 g/mol. The number of thiocarbonyl (C=S) groups is 1. The maximum absolute atomic E-state index is 13.3. The first-order chi connectivity index (χ1) is 15.5. The molecule has 4 nitrogen and oxygen atoms in total. The third kappa shape index (κ3) is 3.60. The Bertz CT molecular complexity index is 1360. The molecule has 1 aromatic heterocycles. The van der Waals surface area contributed by atoms with E-state index >= 15 is 0 Å². The van der Waals surface area contributed by atoms with Gasteiger partial charge in [-0.3, -0.25) is 9.69 Å². The van der Waals surface area contributed by atoms with Gasteiger partial charge in [0, 0.05) is 41.3 Å². The first kappa shape index (κ1) is 20.5. The molecule has 5 rings (SSSR count). The van der Waals surface area contributed by atoms with Gasteiger partial charge in [-0.15, -0.1) is 0 Å². The molecule has 0 unspecified atom stereocenters. The number of rotatable bonds is 4. The molecule has 32 heavy (non-hydrogen) atoms. The normalized spacial score (nSPS) is 15.4. The number of anilines is 1. The van der Waals surface area contributed by atoms with E-state index in [1.807, 2.05) is 43.5 Å². The number of hydrogen-bond donors (Lipinski definition) is 0. The molecular weight excluding hydrogens is 438 g/mol. The quantitative estimate of drug-likeness (QED) is 0.280. The number of carbonyl (C=O) groups is 1. The fourth-order valence-corrected chi connectivity index (χ4v) is 4.44. The largest absolute Gasteiger partial charge is 0.342 e. The minimum Gasteiger partial charge on any atom is -0.342 e. The fourth-order valence-electron chi connectivity index (χ4n) is 4.02. The van der Waals surface area contributed by atoms with Gasteiger partial charge in [-0.25, -0.2) is 0 Å². The van der Waals surface area contributed by atoms with Crippen LogP contribution in [0.3, 0.4) is 0 Å². The summed E-state index contributed by atoms with van der Waals surface area (Å²) in [5, 5.41) is 2.14. The van der Waals surface area contributed by atoms with Crippen LogP contribution >= 0.6 is 23.8 Å². The molecule has 0 saturated carbocycles. The van der Waals surface area contributed by atoms with Crippen molar-refractivity contribution < 1.29 is 4.79 Å². The summed E-state index contributed by atoms with van der Waals surface area (Å²) in [6.45, 7) is 0.754. The second-order valence-electron chi connectivity index (χ2n) is 7.70. The zero-order valence-electron chi connectivity index (χ0n) is 17.4. The highest BCUT2D eigenvalue weighted by molar-refractivity contribution is 7.80. The highest BCUT2D eigenvalue weighted by atomic mass is 35.5. The molecule has 1 aliphatic rings. The summed E-state index contributed by atoms with van der Waals surface area (Å²) in [7, 11) is 1.82. The number of halogens is 1. The van der Waals surface area contributed by atoms with E-state index in [1.165, 1.54) is 5.56 Å². The topological polar surface area (TPSA) is 28.5 Å². The number of hydrogen-bond acceptors (Lipinski definition) is 2. The summed E-state index contributed by atoms with van der Waals surface area (Å²) >= 11 is 11.6. The lowest BCUT2D eigenvalue weighted by molar-refractivity contribution is -0.114. The second-order valence-corrected chi connectivity index (χ2v) is 8.50. The molecule has 0 radical (unpaired) electrons. The van der Waals surface area contributed by atoms with Crippen LogP contribution in [0.1, 0.15) is 11.1 Å². The van der Waals surface area contributed by atoms with Gasteiger partial charge in [0.2, 0.25) is 0 Å². The number of para-hydroxylation sites is 1. The van der Waals surface area contributed by atoms with E-state index in [4.69, 9.17) is 23.8 Å². The van der Waals surface area contributed by atoms with E-state index in [0.29, 0.717) is 21.5 Å². The number of amides is 1. The molecule has 0 spiro atoms. The van der Waals surface area contributed by atoms with Gasteiger partial charge in [-0.1, -0.05) is 60.1 Å². The maximum Gasteiger partial charge on any atom is 0.281 e. The highest BCUT2D eigenvalue weighted by Gasteiger charge is 2.36. The molecule has 0 aliphatic carbocycles. The molecular formula is C26H20ClN3OS. The molecule has 1 amide bonds. The predicted molar refractivity (Wildman–Crippen MR) is 135 cm³/mol. The van der Waals surface area contributed by atoms with Crippen molar-refractivity contribution in [2.24, 2.45) is 0 Å². The van der Waals surface area contributed by atoms with Crippen molar-refractivity contribution in [3.8, 4) is 0 Å².